The van der Waals surface area contributed by atoms with E-state index in [0.717, 1.165) is 0 Å². The highest BCUT2D eigenvalue weighted by Crippen LogP contribution is 2.07. The molecule has 0 heterocycles. The van der Waals surface area contributed by atoms with E-state index in [0.29, 0.717) is 5.75 Å². The van der Waals surface area contributed by atoms with Gasteiger partial charge in [0.15, 0.2) is 0 Å². The number of hydrogen-bond donors (Lipinski definition) is 1. The fraction of sp³-hybridized carbons (Fsp3) is 0. The van der Waals surface area contributed by atoms with Crippen LogP contribution in [0.25, 0.3) is 0 Å². The Morgan fingerprint density at radius 1 is 1.00 bits per heavy atom. The molecule has 5 heteroatoms. The van der Waals surface area contributed by atoms with Gasteiger partial charge in [-0.15, -0.1) is 47.3 Å². The Hall–Kier alpha value is 0.525. The van der Waals surface area contributed by atoms with Crippen molar-refractivity contribution in [3.63, 3.8) is 0 Å². The Bertz CT molecular complexity index is 178. The number of aromatic hydroxyl groups is 1. The van der Waals surface area contributed by atoms with E-state index in [4.69, 9.17) is 5.11 Å². The van der Waals surface area contributed by atoms with Crippen LogP contribution < -0.4 is 0 Å². The van der Waals surface area contributed by atoms with Gasteiger partial charge in [-0.05, 0) is 12.1 Å². The quantitative estimate of drug-likeness (QED) is 0.714. The lowest BCUT2D eigenvalue weighted by Crippen LogP contribution is -1.60. The molecular formula is C6H6BBr3O. The first-order valence-corrected chi connectivity index (χ1v) is 5.54. The van der Waals surface area contributed by atoms with Gasteiger partial charge in [0.1, 0.15) is 5.75 Å². The average molecular weight is 345 g/mol. The van der Waals surface area contributed by atoms with Gasteiger partial charge >= 0.3 is 3.18 Å². The Morgan fingerprint density at radius 3 is 1.55 bits per heavy atom. The lowest BCUT2D eigenvalue weighted by molar-refractivity contribution is 0.475. The van der Waals surface area contributed by atoms with Crippen molar-refractivity contribution in [2.45, 2.75) is 0 Å². The summed E-state index contributed by atoms with van der Waals surface area (Å²) in [6, 6.07) is 8.71. The normalized spacial score (nSPS) is 7.91. The van der Waals surface area contributed by atoms with Crippen molar-refractivity contribution >= 4 is 50.5 Å². The van der Waals surface area contributed by atoms with Crippen molar-refractivity contribution in [3.8, 4) is 5.75 Å². The molecule has 1 nitrogen and oxygen atoms in total. The molecule has 0 atom stereocenters. The van der Waals surface area contributed by atoms with E-state index in [9.17, 15) is 0 Å². The van der Waals surface area contributed by atoms with E-state index in [2.05, 4.69) is 47.3 Å². The van der Waals surface area contributed by atoms with Gasteiger partial charge in [0.2, 0.25) is 0 Å². The van der Waals surface area contributed by atoms with Crippen LogP contribution in [-0.4, -0.2) is 8.29 Å². The van der Waals surface area contributed by atoms with Crippen LogP contribution >= 0.6 is 47.3 Å². The zero-order chi connectivity index (χ0) is 8.69. The molecule has 0 saturated carbocycles. The third kappa shape index (κ3) is 10.5. The maximum absolute atomic E-state index is 8.63. The summed E-state index contributed by atoms with van der Waals surface area (Å²) >= 11 is 9.31. The maximum atomic E-state index is 8.63. The topological polar surface area (TPSA) is 20.2 Å². The number of phenolic OH excluding ortho intramolecular Hbond substituents is 1. The summed E-state index contributed by atoms with van der Waals surface area (Å²) in [5.74, 6) is 0.322. The van der Waals surface area contributed by atoms with Crippen LogP contribution in [0.2, 0.25) is 0 Å². The summed E-state index contributed by atoms with van der Waals surface area (Å²) in [6.45, 7) is 0. The molecule has 0 unspecified atom stereocenters. The lowest BCUT2D eigenvalue weighted by Gasteiger charge is -1.82. The maximum Gasteiger partial charge on any atom is 0.369 e. The zero-order valence-corrected chi connectivity index (χ0v) is 10.3. The molecule has 0 amide bonds. The SMILES string of the molecule is BrB(Br)Br.Oc1ccccc1. The molecule has 1 rings (SSSR count). The number of hydrogen-bond acceptors (Lipinski definition) is 1. The van der Waals surface area contributed by atoms with Crippen molar-refractivity contribution < 1.29 is 5.11 Å². The van der Waals surface area contributed by atoms with Gasteiger partial charge in [-0.2, -0.15) is 0 Å². The van der Waals surface area contributed by atoms with Crippen LogP contribution in [0.15, 0.2) is 30.3 Å². The van der Waals surface area contributed by atoms with E-state index in [1.54, 1.807) is 24.3 Å². The molecule has 0 saturated heterocycles. The minimum atomic E-state index is 0.271. The molecule has 1 aromatic carbocycles. The lowest BCUT2D eigenvalue weighted by atomic mass is 10.3. The predicted octanol–water partition coefficient (Wildman–Crippen LogP) is 3.55. The third-order valence-corrected chi connectivity index (χ3v) is 0.756. The molecule has 1 aromatic rings. The van der Waals surface area contributed by atoms with Crippen molar-refractivity contribution in [3.05, 3.63) is 30.3 Å². The van der Waals surface area contributed by atoms with Gasteiger partial charge in [0, 0.05) is 0 Å². The first-order valence-electron chi connectivity index (χ1n) is 2.79. The molecule has 60 valence electrons. The minimum Gasteiger partial charge on any atom is -0.508 e. The summed E-state index contributed by atoms with van der Waals surface area (Å²) in [5.41, 5.74) is 0. The molecule has 0 bridgehead atoms. The molecule has 0 aliphatic carbocycles. The Labute approximate surface area is 91.2 Å². The monoisotopic (exact) mass is 342 g/mol. The number of para-hydroxylation sites is 1. The van der Waals surface area contributed by atoms with E-state index in [1.807, 2.05) is 6.07 Å². The summed E-state index contributed by atoms with van der Waals surface area (Å²) < 4.78 is 0.271. The van der Waals surface area contributed by atoms with Crippen LogP contribution in [0, 0.1) is 0 Å². The summed E-state index contributed by atoms with van der Waals surface area (Å²) in [4.78, 5) is 0. The van der Waals surface area contributed by atoms with E-state index < -0.39 is 0 Å². The van der Waals surface area contributed by atoms with Crippen molar-refractivity contribution in [1.82, 2.24) is 0 Å². The highest BCUT2D eigenvalue weighted by molar-refractivity contribution is 9.69. The van der Waals surface area contributed by atoms with Crippen LogP contribution in [-0.2, 0) is 0 Å². The smallest absolute Gasteiger partial charge is 0.369 e. The molecule has 1 N–H and O–H groups in total. The molecule has 0 aromatic heterocycles. The molecule has 0 radical (unpaired) electrons. The molecular weight excluding hydrogens is 339 g/mol. The molecule has 0 spiro atoms. The van der Waals surface area contributed by atoms with Gasteiger partial charge in [-0.1, -0.05) is 18.2 Å². The van der Waals surface area contributed by atoms with Gasteiger partial charge in [0.25, 0.3) is 0 Å². The number of halogens is 3. The summed E-state index contributed by atoms with van der Waals surface area (Å²) in [7, 11) is 0. The molecule has 0 aliphatic rings. The fourth-order valence-corrected chi connectivity index (χ4v) is 0.428. The van der Waals surface area contributed by atoms with Gasteiger partial charge < -0.3 is 5.11 Å². The summed E-state index contributed by atoms with van der Waals surface area (Å²) in [6.07, 6.45) is 0. The second kappa shape index (κ2) is 7.19. The van der Waals surface area contributed by atoms with Crippen LogP contribution in [0.5, 0.6) is 5.75 Å². The predicted molar refractivity (Wildman–Crippen MR) is 60.6 cm³/mol. The third-order valence-electron chi connectivity index (χ3n) is 0.756. The van der Waals surface area contributed by atoms with E-state index in [-0.39, 0.29) is 3.18 Å². The molecule has 0 fully saturated rings. The van der Waals surface area contributed by atoms with Gasteiger partial charge in [-0.3, -0.25) is 0 Å². The van der Waals surface area contributed by atoms with Crippen LogP contribution in [0.3, 0.4) is 0 Å². The largest absolute Gasteiger partial charge is 0.508 e. The second-order valence-corrected chi connectivity index (χ2v) is 8.02. The zero-order valence-electron chi connectivity index (χ0n) is 5.55. The Kier molecular flexibility index (Phi) is 7.53. The van der Waals surface area contributed by atoms with Crippen molar-refractivity contribution in [2.24, 2.45) is 0 Å². The van der Waals surface area contributed by atoms with Crippen LogP contribution in [0.4, 0.5) is 0 Å². The van der Waals surface area contributed by atoms with Crippen LogP contribution in [0.1, 0.15) is 0 Å². The Balaban J connectivity index is 0.000000218. The standard InChI is InChI=1S/C6H6O.BBr3/c7-6-4-2-1-3-5-6;2-1(3)4/h1-5,7H;. The minimum absolute atomic E-state index is 0.271. The van der Waals surface area contributed by atoms with Gasteiger partial charge in [-0.25, -0.2) is 0 Å². The Morgan fingerprint density at radius 2 is 1.36 bits per heavy atom. The number of phenols is 1. The molecule has 11 heavy (non-hydrogen) atoms. The first-order chi connectivity index (χ1) is 5.13. The van der Waals surface area contributed by atoms with Gasteiger partial charge in [0.05, 0.1) is 0 Å². The van der Waals surface area contributed by atoms with Crippen molar-refractivity contribution in [1.29, 1.82) is 0 Å². The summed E-state index contributed by atoms with van der Waals surface area (Å²) in [5, 5.41) is 8.63. The second-order valence-electron chi connectivity index (χ2n) is 1.58. The van der Waals surface area contributed by atoms with E-state index in [1.165, 1.54) is 0 Å². The first kappa shape index (κ1) is 11.5. The van der Waals surface area contributed by atoms with E-state index >= 15 is 0 Å². The fourth-order valence-electron chi connectivity index (χ4n) is 0.428. The highest BCUT2D eigenvalue weighted by atomic mass is 79.9. The van der Waals surface area contributed by atoms with Crippen molar-refractivity contribution in [2.75, 3.05) is 0 Å². The highest BCUT2D eigenvalue weighted by Gasteiger charge is 1.87. The number of benzene rings is 1. The average Bonchev–Trinajstić information content (AvgIpc) is 1.87. The molecule has 0 aliphatic heterocycles. The number of rotatable bonds is 0.